The molecule has 2 saturated carbocycles. The SMILES string of the molecule is CCCC1(C(C/C=C/[C@@H]2[C@@H](C/C=C\CCCC(=O)O)[C@H](OC=O)C[C@H]2O[Si](C)(C)C(C)(C)C)O[Si](C)(C)C(C)(C)C)CCC1. The Labute approximate surface area is 272 Å². The summed E-state index contributed by atoms with van der Waals surface area (Å²) in [6.07, 6.45) is 19.0. The highest BCUT2D eigenvalue weighted by Gasteiger charge is 2.50. The number of hydrogen-bond donors (Lipinski definition) is 1. The standard InChI is InChI=1S/C36H66O6Si2/c1-12-23-36(24-18-25-36)32(42-44(10,11)35(5,6)7)21-17-20-29-28(19-15-13-14-16-22-33(38)39)30(40-27-37)26-31(29)41-43(8,9)34(2,3)4/h13,15,17,20,27-32H,12,14,16,18-19,21-26H2,1-11H3,(H,38,39)/b15-13-,20-17+/t28-,29-,30-,31-,32?/m1/s1. The minimum Gasteiger partial charge on any atom is -0.481 e. The summed E-state index contributed by atoms with van der Waals surface area (Å²) < 4.78 is 20.0. The van der Waals surface area contributed by atoms with Crippen molar-refractivity contribution in [3.63, 3.8) is 0 Å². The van der Waals surface area contributed by atoms with Crippen LogP contribution in [0.1, 0.15) is 119 Å². The second-order valence-electron chi connectivity index (χ2n) is 16.7. The van der Waals surface area contributed by atoms with Crippen LogP contribution in [0.4, 0.5) is 0 Å². The molecular formula is C36H66O6Si2. The molecule has 0 saturated heterocycles. The van der Waals surface area contributed by atoms with Crippen LogP contribution >= 0.6 is 0 Å². The summed E-state index contributed by atoms with van der Waals surface area (Å²) in [7, 11) is -4.04. The molecule has 2 fully saturated rings. The van der Waals surface area contributed by atoms with E-state index in [2.05, 4.69) is 99.0 Å². The minimum absolute atomic E-state index is 0.0180. The Balaban J connectivity index is 2.39. The van der Waals surface area contributed by atoms with Crippen LogP contribution in [0.25, 0.3) is 0 Å². The molecule has 8 heteroatoms. The summed E-state index contributed by atoms with van der Waals surface area (Å²) in [5, 5.41) is 9.20. The lowest BCUT2D eigenvalue weighted by Gasteiger charge is -2.51. The average Bonchev–Trinajstić information content (AvgIpc) is 3.16. The Bertz CT molecular complexity index is 970. The van der Waals surface area contributed by atoms with Gasteiger partial charge in [0.1, 0.15) is 6.10 Å². The summed E-state index contributed by atoms with van der Waals surface area (Å²) in [6.45, 7) is 26.0. The molecule has 0 heterocycles. The van der Waals surface area contributed by atoms with Gasteiger partial charge in [0.25, 0.3) is 6.47 Å². The van der Waals surface area contributed by atoms with E-state index < -0.39 is 22.6 Å². The summed E-state index contributed by atoms with van der Waals surface area (Å²) in [6, 6.07) is 0. The van der Waals surface area contributed by atoms with Gasteiger partial charge in [-0.25, -0.2) is 0 Å². The van der Waals surface area contributed by atoms with Crippen LogP contribution in [-0.4, -0.2) is 52.5 Å². The molecule has 0 aromatic rings. The number of unbranched alkanes of at least 4 members (excludes halogenated alkanes) is 1. The van der Waals surface area contributed by atoms with Gasteiger partial charge >= 0.3 is 5.97 Å². The van der Waals surface area contributed by atoms with Crippen molar-refractivity contribution in [2.75, 3.05) is 0 Å². The van der Waals surface area contributed by atoms with E-state index in [1.807, 2.05) is 0 Å². The zero-order chi connectivity index (χ0) is 33.4. The third-order valence-electron chi connectivity index (χ3n) is 11.4. The maximum absolute atomic E-state index is 11.6. The molecule has 254 valence electrons. The maximum Gasteiger partial charge on any atom is 0.303 e. The van der Waals surface area contributed by atoms with Crippen LogP contribution in [0, 0.1) is 17.3 Å². The lowest BCUT2D eigenvalue weighted by molar-refractivity contribution is -0.137. The molecule has 1 unspecified atom stereocenters. The molecule has 2 aliphatic carbocycles. The van der Waals surface area contributed by atoms with Crippen molar-refractivity contribution in [2.24, 2.45) is 17.3 Å². The smallest absolute Gasteiger partial charge is 0.303 e. The number of carboxylic acid groups (broad SMARTS) is 1. The van der Waals surface area contributed by atoms with Crippen molar-refractivity contribution in [2.45, 2.75) is 174 Å². The first kappa shape index (κ1) is 39.0. The molecule has 0 spiro atoms. The van der Waals surface area contributed by atoms with E-state index >= 15 is 0 Å². The largest absolute Gasteiger partial charge is 0.481 e. The van der Waals surface area contributed by atoms with Gasteiger partial charge in [-0.1, -0.05) is 85.6 Å². The minimum atomic E-state index is -2.08. The van der Waals surface area contributed by atoms with Gasteiger partial charge < -0.3 is 18.7 Å². The Kier molecular flexibility index (Phi) is 14.2. The Hall–Kier alpha value is -1.23. The van der Waals surface area contributed by atoms with E-state index in [1.54, 1.807) is 0 Å². The summed E-state index contributed by atoms with van der Waals surface area (Å²) >= 11 is 0. The predicted octanol–water partition coefficient (Wildman–Crippen LogP) is 10.1. The number of aliphatic carboxylic acids is 1. The van der Waals surface area contributed by atoms with Gasteiger partial charge in [-0.3, -0.25) is 9.59 Å². The van der Waals surface area contributed by atoms with Crippen molar-refractivity contribution < 1.29 is 28.3 Å². The highest BCUT2D eigenvalue weighted by molar-refractivity contribution is 6.74. The van der Waals surface area contributed by atoms with E-state index in [1.165, 1.54) is 32.1 Å². The van der Waals surface area contributed by atoms with E-state index in [9.17, 15) is 9.59 Å². The molecule has 2 rings (SSSR count). The third-order valence-corrected chi connectivity index (χ3v) is 20.4. The fourth-order valence-electron chi connectivity index (χ4n) is 6.49. The van der Waals surface area contributed by atoms with Crippen LogP contribution in [0.5, 0.6) is 0 Å². The van der Waals surface area contributed by atoms with Gasteiger partial charge in [-0.05, 0) is 86.6 Å². The second kappa shape index (κ2) is 16.1. The van der Waals surface area contributed by atoms with Crippen molar-refractivity contribution in [3.8, 4) is 0 Å². The van der Waals surface area contributed by atoms with Crippen LogP contribution in [0.15, 0.2) is 24.3 Å². The Morgan fingerprint density at radius 3 is 2.11 bits per heavy atom. The topological polar surface area (TPSA) is 82.1 Å². The van der Waals surface area contributed by atoms with Crippen LogP contribution in [-0.2, 0) is 23.2 Å². The lowest BCUT2D eigenvalue weighted by Crippen LogP contribution is -2.51. The fourth-order valence-corrected chi connectivity index (χ4v) is 9.26. The maximum atomic E-state index is 11.6. The summed E-state index contributed by atoms with van der Waals surface area (Å²) in [5.41, 5.74) is 0.266. The zero-order valence-corrected chi connectivity index (χ0v) is 32.0. The van der Waals surface area contributed by atoms with Crippen LogP contribution < -0.4 is 0 Å². The van der Waals surface area contributed by atoms with E-state index in [0.717, 1.165) is 19.3 Å². The van der Waals surface area contributed by atoms with Gasteiger partial charge in [0, 0.05) is 24.7 Å². The first-order chi connectivity index (χ1) is 20.3. The van der Waals surface area contributed by atoms with Gasteiger partial charge in [0.2, 0.25) is 0 Å². The number of allylic oxidation sites excluding steroid dienone is 2. The van der Waals surface area contributed by atoms with Crippen LogP contribution in [0.3, 0.4) is 0 Å². The molecule has 6 nitrogen and oxygen atoms in total. The first-order valence-corrected chi connectivity index (χ1v) is 23.1. The molecule has 0 bridgehead atoms. The first-order valence-electron chi connectivity index (χ1n) is 17.3. The molecule has 0 amide bonds. The zero-order valence-electron chi connectivity index (χ0n) is 30.0. The van der Waals surface area contributed by atoms with Gasteiger partial charge in [0.05, 0.1) is 12.2 Å². The number of ether oxygens (including phenoxy) is 1. The Morgan fingerprint density at radius 2 is 1.61 bits per heavy atom. The normalized spacial score (nSPS) is 25.3. The number of carbonyl (C=O) groups is 2. The Morgan fingerprint density at radius 1 is 0.977 bits per heavy atom. The van der Waals surface area contributed by atoms with Crippen LogP contribution in [0.2, 0.25) is 36.3 Å². The molecule has 0 aromatic carbocycles. The molecule has 0 aliphatic heterocycles. The van der Waals surface area contributed by atoms with Gasteiger partial charge in [-0.15, -0.1) is 0 Å². The highest BCUT2D eigenvalue weighted by Crippen LogP contribution is 2.52. The summed E-state index contributed by atoms with van der Waals surface area (Å²) in [5.74, 6) is -0.535. The monoisotopic (exact) mass is 650 g/mol. The number of rotatable bonds is 18. The molecule has 44 heavy (non-hydrogen) atoms. The third kappa shape index (κ3) is 10.4. The van der Waals surface area contributed by atoms with Gasteiger partial charge in [-0.2, -0.15) is 0 Å². The average molecular weight is 651 g/mol. The number of hydrogen-bond acceptors (Lipinski definition) is 5. The van der Waals surface area contributed by atoms with Gasteiger partial charge in [0.15, 0.2) is 16.6 Å². The highest BCUT2D eigenvalue weighted by atomic mass is 28.4. The lowest BCUT2D eigenvalue weighted by atomic mass is 9.62. The summed E-state index contributed by atoms with van der Waals surface area (Å²) in [4.78, 5) is 22.5. The molecule has 0 aromatic heterocycles. The molecular weight excluding hydrogens is 585 g/mol. The van der Waals surface area contributed by atoms with Crippen molar-refractivity contribution in [1.82, 2.24) is 0 Å². The van der Waals surface area contributed by atoms with Crippen molar-refractivity contribution >= 4 is 29.1 Å². The molecule has 0 radical (unpaired) electrons. The molecule has 2 aliphatic rings. The fraction of sp³-hybridized carbons (Fsp3) is 0.833. The molecule has 5 atom stereocenters. The predicted molar refractivity (Wildman–Crippen MR) is 187 cm³/mol. The number of carboxylic acids is 1. The van der Waals surface area contributed by atoms with E-state index in [4.69, 9.17) is 18.7 Å². The van der Waals surface area contributed by atoms with E-state index in [-0.39, 0.29) is 52.1 Å². The second-order valence-corrected chi connectivity index (χ2v) is 26.2. The van der Waals surface area contributed by atoms with Crippen molar-refractivity contribution in [3.05, 3.63) is 24.3 Å². The quantitative estimate of drug-likeness (QED) is 0.0688. The van der Waals surface area contributed by atoms with Crippen molar-refractivity contribution in [1.29, 1.82) is 0 Å². The molecule has 1 N–H and O–H groups in total. The van der Waals surface area contributed by atoms with E-state index in [0.29, 0.717) is 19.3 Å². The number of carbonyl (C=O) groups excluding carboxylic acids is 1.